The predicted octanol–water partition coefficient (Wildman–Crippen LogP) is 6.53. The third-order valence-electron chi connectivity index (χ3n) is 4.52. The molecule has 146 valence electrons. The molecule has 0 aliphatic heterocycles. The van der Waals surface area contributed by atoms with E-state index in [1.165, 1.54) is 11.3 Å². The first kappa shape index (κ1) is 19.6. The van der Waals surface area contributed by atoms with Gasteiger partial charge in [-0.1, -0.05) is 78.9 Å². The molecule has 0 saturated heterocycles. The standard InChI is InChI=1S/C26H18O3S/c27-24(22-13-11-21(12-14-22)20-5-2-1-3-6-20)17-10-19-8-15-23(16-9-19)29-26(28)25-7-4-18-30-25/h1-18H/b17-10+. The van der Waals surface area contributed by atoms with Crippen LogP contribution in [-0.4, -0.2) is 11.8 Å². The van der Waals surface area contributed by atoms with Crippen LogP contribution in [0.5, 0.6) is 5.75 Å². The Morgan fingerprint density at radius 3 is 2.10 bits per heavy atom. The second-order valence-corrected chi connectivity index (χ2v) is 7.52. The maximum absolute atomic E-state index is 12.5. The first-order valence-corrected chi connectivity index (χ1v) is 10.3. The summed E-state index contributed by atoms with van der Waals surface area (Å²) >= 11 is 1.34. The van der Waals surface area contributed by atoms with Gasteiger partial charge in [0, 0.05) is 5.56 Å². The predicted molar refractivity (Wildman–Crippen MR) is 121 cm³/mol. The summed E-state index contributed by atoms with van der Waals surface area (Å²) < 4.78 is 5.34. The summed E-state index contributed by atoms with van der Waals surface area (Å²) in [6, 6.07) is 28.2. The van der Waals surface area contributed by atoms with Crippen molar-refractivity contribution in [2.24, 2.45) is 0 Å². The minimum absolute atomic E-state index is 0.0668. The van der Waals surface area contributed by atoms with Crippen LogP contribution in [0.15, 0.2) is 102 Å². The summed E-state index contributed by atoms with van der Waals surface area (Å²) in [5.41, 5.74) is 3.67. The van der Waals surface area contributed by atoms with Crippen molar-refractivity contribution >= 4 is 29.2 Å². The monoisotopic (exact) mass is 410 g/mol. The molecule has 0 aliphatic carbocycles. The Balaban J connectivity index is 1.38. The van der Waals surface area contributed by atoms with Gasteiger partial charge in [-0.15, -0.1) is 11.3 Å². The lowest BCUT2D eigenvalue weighted by molar-refractivity contribution is 0.0739. The molecule has 3 aromatic carbocycles. The van der Waals surface area contributed by atoms with Gasteiger partial charge >= 0.3 is 5.97 Å². The van der Waals surface area contributed by atoms with Crippen molar-refractivity contribution in [1.29, 1.82) is 0 Å². The number of ketones is 1. The molecule has 4 rings (SSSR count). The summed E-state index contributed by atoms with van der Waals surface area (Å²) in [7, 11) is 0. The van der Waals surface area contributed by atoms with E-state index in [1.54, 1.807) is 48.6 Å². The Morgan fingerprint density at radius 1 is 0.733 bits per heavy atom. The molecule has 0 amide bonds. The zero-order valence-electron chi connectivity index (χ0n) is 16.0. The highest BCUT2D eigenvalue weighted by Crippen LogP contribution is 2.20. The molecular formula is C26H18O3S. The number of hydrogen-bond donors (Lipinski definition) is 0. The van der Waals surface area contributed by atoms with Crippen LogP contribution in [0.1, 0.15) is 25.6 Å². The summed E-state index contributed by atoms with van der Waals surface area (Å²) in [5.74, 6) is 0.0265. The number of ether oxygens (including phenoxy) is 1. The molecule has 0 N–H and O–H groups in total. The van der Waals surface area contributed by atoms with Crippen LogP contribution < -0.4 is 4.74 Å². The van der Waals surface area contributed by atoms with Gasteiger partial charge in [-0.3, -0.25) is 4.79 Å². The molecule has 0 unspecified atom stereocenters. The van der Waals surface area contributed by atoms with Crippen molar-refractivity contribution in [1.82, 2.24) is 0 Å². The number of carbonyl (C=O) groups is 2. The number of thiophene rings is 1. The van der Waals surface area contributed by atoms with Crippen LogP contribution in [0.4, 0.5) is 0 Å². The van der Waals surface area contributed by atoms with E-state index < -0.39 is 0 Å². The normalized spacial score (nSPS) is 10.8. The highest BCUT2D eigenvalue weighted by atomic mass is 32.1. The molecule has 0 saturated carbocycles. The minimum atomic E-state index is -0.373. The Bertz CT molecular complexity index is 1160. The number of rotatable bonds is 6. The Labute approximate surface area is 178 Å². The Hall–Kier alpha value is -3.76. The lowest BCUT2D eigenvalue weighted by atomic mass is 10.0. The van der Waals surface area contributed by atoms with Gasteiger partial charge in [-0.2, -0.15) is 0 Å². The van der Waals surface area contributed by atoms with Crippen LogP contribution in [-0.2, 0) is 0 Å². The summed E-state index contributed by atoms with van der Waals surface area (Å²) in [6.07, 6.45) is 3.29. The highest BCUT2D eigenvalue weighted by molar-refractivity contribution is 7.12. The van der Waals surface area contributed by atoms with Crippen molar-refractivity contribution in [2.75, 3.05) is 0 Å². The lowest BCUT2D eigenvalue weighted by Gasteiger charge is -2.03. The average Bonchev–Trinajstić information content (AvgIpc) is 3.34. The van der Waals surface area contributed by atoms with Crippen molar-refractivity contribution in [3.05, 3.63) is 118 Å². The third-order valence-corrected chi connectivity index (χ3v) is 5.37. The molecule has 4 heteroatoms. The molecule has 0 atom stereocenters. The van der Waals surface area contributed by atoms with E-state index in [1.807, 2.05) is 60.0 Å². The Kier molecular flexibility index (Phi) is 5.97. The molecule has 0 aliphatic rings. The third kappa shape index (κ3) is 4.80. The van der Waals surface area contributed by atoms with E-state index in [0.717, 1.165) is 16.7 Å². The lowest BCUT2D eigenvalue weighted by Crippen LogP contribution is -2.05. The van der Waals surface area contributed by atoms with Gasteiger partial charge < -0.3 is 4.74 Å². The zero-order chi connectivity index (χ0) is 20.8. The fourth-order valence-electron chi connectivity index (χ4n) is 2.92. The molecule has 0 radical (unpaired) electrons. The maximum atomic E-state index is 12.5. The van der Waals surface area contributed by atoms with E-state index in [9.17, 15) is 9.59 Å². The Morgan fingerprint density at radius 2 is 1.43 bits per heavy atom. The molecule has 30 heavy (non-hydrogen) atoms. The van der Waals surface area contributed by atoms with Crippen molar-refractivity contribution in [2.45, 2.75) is 0 Å². The molecule has 1 aromatic heterocycles. The maximum Gasteiger partial charge on any atom is 0.353 e. The first-order valence-electron chi connectivity index (χ1n) is 9.43. The summed E-state index contributed by atoms with van der Waals surface area (Å²) in [4.78, 5) is 25.0. The van der Waals surface area contributed by atoms with Gasteiger partial charge in [0.2, 0.25) is 0 Å². The van der Waals surface area contributed by atoms with Gasteiger partial charge in [0.15, 0.2) is 5.78 Å². The molecule has 1 heterocycles. The highest BCUT2D eigenvalue weighted by Gasteiger charge is 2.09. The fourth-order valence-corrected chi connectivity index (χ4v) is 3.52. The second kappa shape index (κ2) is 9.16. The number of allylic oxidation sites excluding steroid dienone is 1. The molecule has 0 bridgehead atoms. The van der Waals surface area contributed by atoms with Gasteiger partial charge in [-0.25, -0.2) is 4.79 Å². The van der Waals surface area contributed by atoms with Crippen molar-refractivity contribution in [3.63, 3.8) is 0 Å². The van der Waals surface area contributed by atoms with Crippen LogP contribution >= 0.6 is 11.3 Å². The summed E-state index contributed by atoms with van der Waals surface area (Å²) in [6.45, 7) is 0. The van der Waals surface area contributed by atoms with E-state index in [-0.39, 0.29) is 11.8 Å². The fraction of sp³-hybridized carbons (Fsp3) is 0. The smallest absolute Gasteiger partial charge is 0.353 e. The van der Waals surface area contributed by atoms with Crippen LogP contribution in [0, 0.1) is 0 Å². The van der Waals surface area contributed by atoms with Gasteiger partial charge in [0.1, 0.15) is 10.6 Å². The molecule has 0 spiro atoms. The van der Waals surface area contributed by atoms with Crippen LogP contribution in [0.25, 0.3) is 17.2 Å². The van der Waals surface area contributed by atoms with Crippen molar-refractivity contribution < 1.29 is 14.3 Å². The van der Waals surface area contributed by atoms with E-state index in [4.69, 9.17) is 4.74 Å². The largest absolute Gasteiger partial charge is 0.422 e. The zero-order valence-corrected chi connectivity index (χ0v) is 16.8. The van der Waals surface area contributed by atoms with Crippen LogP contribution in [0.3, 0.4) is 0 Å². The second-order valence-electron chi connectivity index (χ2n) is 6.58. The van der Waals surface area contributed by atoms with E-state index >= 15 is 0 Å². The minimum Gasteiger partial charge on any atom is -0.422 e. The topological polar surface area (TPSA) is 43.4 Å². The average molecular weight is 410 g/mol. The van der Waals surface area contributed by atoms with Gasteiger partial charge in [-0.05, 0) is 46.3 Å². The first-order chi connectivity index (χ1) is 14.7. The SMILES string of the molecule is O=C(/C=C/c1ccc(OC(=O)c2cccs2)cc1)c1ccc(-c2ccccc2)cc1. The number of esters is 1. The number of benzene rings is 3. The van der Waals surface area contributed by atoms with E-state index in [2.05, 4.69) is 0 Å². The van der Waals surface area contributed by atoms with Gasteiger partial charge in [0.25, 0.3) is 0 Å². The molecular weight excluding hydrogens is 392 g/mol. The summed E-state index contributed by atoms with van der Waals surface area (Å²) in [5, 5.41) is 1.83. The van der Waals surface area contributed by atoms with Crippen LogP contribution in [0.2, 0.25) is 0 Å². The number of carbonyl (C=O) groups excluding carboxylic acids is 2. The number of hydrogen-bond acceptors (Lipinski definition) is 4. The molecule has 3 nitrogen and oxygen atoms in total. The molecule has 4 aromatic rings. The van der Waals surface area contributed by atoms with E-state index in [0.29, 0.717) is 16.2 Å². The quantitative estimate of drug-likeness (QED) is 0.157. The van der Waals surface area contributed by atoms with Gasteiger partial charge in [0.05, 0.1) is 0 Å². The molecule has 0 fully saturated rings. The van der Waals surface area contributed by atoms with Crippen molar-refractivity contribution in [3.8, 4) is 16.9 Å².